The van der Waals surface area contributed by atoms with Crippen molar-refractivity contribution in [2.24, 2.45) is 5.41 Å². The Morgan fingerprint density at radius 2 is 1.86 bits per heavy atom. The van der Waals surface area contributed by atoms with Crippen molar-refractivity contribution in [1.82, 2.24) is 5.32 Å². The molecule has 1 N–H and O–H groups in total. The van der Waals surface area contributed by atoms with Crippen molar-refractivity contribution in [3.63, 3.8) is 0 Å². The molecular formula is C17H23Cl2NO. The van der Waals surface area contributed by atoms with E-state index in [0.717, 1.165) is 26.3 Å². The second-order valence-electron chi connectivity index (χ2n) is 6.66. The number of ether oxygens (including phenoxy) is 1. The largest absolute Gasteiger partial charge is 0.381 e. The molecule has 0 unspecified atom stereocenters. The lowest BCUT2D eigenvalue weighted by molar-refractivity contribution is -0.0735. The first kappa shape index (κ1) is 15.6. The molecule has 1 aromatic rings. The van der Waals surface area contributed by atoms with Gasteiger partial charge in [0, 0.05) is 25.2 Å². The molecule has 116 valence electrons. The molecule has 1 aliphatic carbocycles. The Labute approximate surface area is 137 Å². The molecule has 1 heterocycles. The van der Waals surface area contributed by atoms with Gasteiger partial charge in [-0.2, -0.15) is 0 Å². The van der Waals surface area contributed by atoms with Crippen molar-refractivity contribution >= 4 is 23.2 Å². The van der Waals surface area contributed by atoms with Gasteiger partial charge in [-0.25, -0.2) is 0 Å². The van der Waals surface area contributed by atoms with Gasteiger partial charge in [0.1, 0.15) is 0 Å². The first-order valence-electron chi connectivity index (χ1n) is 7.83. The second-order valence-corrected chi connectivity index (χ2v) is 7.47. The summed E-state index contributed by atoms with van der Waals surface area (Å²) in [7, 11) is 0. The summed E-state index contributed by atoms with van der Waals surface area (Å²) in [5.41, 5.74) is 2.02. The zero-order valence-corrected chi connectivity index (χ0v) is 14.1. The summed E-state index contributed by atoms with van der Waals surface area (Å²) in [6.45, 7) is 6.01. The van der Waals surface area contributed by atoms with Gasteiger partial charge in [-0.15, -0.1) is 0 Å². The van der Waals surface area contributed by atoms with Crippen LogP contribution in [0, 0.1) is 5.41 Å². The Bertz CT molecular complexity index is 504. The molecule has 0 bridgehead atoms. The molecular weight excluding hydrogens is 305 g/mol. The maximum Gasteiger partial charge on any atom is 0.0595 e. The molecule has 3 rings (SSSR count). The lowest BCUT2D eigenvalue weighted by atomic mass is 9.48. The van der Waals surface area contributed by atoms with Crippen LogP contribution in [0.4, 0.5) is 0 Å². The van der Waals surface area contributed by atoms with E-state index >= 15 is 0 Å². The fourth-order valence-corrected chi connectivity index (χ4v) is 4.46. The molecule has 0 aromatic heterocycles. The highest BCUT2D eigenvalue weighted by Gasteiger charge is 2.55. The van der Waals surface area contributed by atoms with Gasteiger partial charge < -0.3 is 10.1 Å². The van der Waals surface area contributed by atoms with E-state index in [0.29, 0.717) is 15.5 Å². The van der Waals surface area contributed by atoms with E-state index in [1.165, 1.54) is 31.2 Å². The molecule has 1 aromatic carbocycles. The fourth-order valence-electron chi connectivity index (χ4n) is 4.16. The quantitative estimate of drug-likeness (QED) is 0.883. The van der Waals surface area contributed by atoms with Crippen LogP contribution in [0.15, 0.2) is 18.2 Å². The highest BCUT2D eigenvalue weighted by Crippen LogP contribution is 2.60. The average Bonchev–Trinajstić information content (AvgIpc) is 2.46. The first-order valence-corrected chi connectivity index (χ1v) is 8.59. The molecule has 2 nitrogen and oxygen atoms in total. The van der Waals surface area contributed by atoms with Crippen LogP contribution in [0.5, 0.6) is 0 Å². The van der Waals surface area contributed by atoms with Gasteiger partial charge in [0.25, 0.3) is 0 Å². The van der Waals surface area contributed by atoms with Crippen LogP contribution in [-0.4, -0.2) is 26.3 Å². The number of benzene rings is 1. The minimum absolute atomic E-state index is 0.210. The molecule has 1 saturated carbocycles. The van der Waals surface area contributed by atoms with Gasteiger partial charge in [0.15, 0.2) is 0 Å². The standard InChI is InChI=1S/C17H23Cl2NO/c1-2-20-12-17(13-3-4-14(18)15(19)9-13)10-16(11-17)5-7-21-8-6-16/h3-4,9,20H,2,5-8,10-12H2,1H3. The van der Waals surface area contributed by atoms with Gasteiger partial charge in [0.05, 0.1) is 10.0 Å². The third kappa shape index (κ3) is 2.96. The molecule has 1 spiro atoms. The third-order valence-corrected chi connectivity index (χ3v) is 5.96. The summed E-state index contributed by atoms with van der Waals surface area (Å²) in [6, 6.07) is 6.15. The average molecular weight is 328 g/mol. The minimum Gasteiger partial charge on any atom is -0.381 e. The highest BCUT2D eigenvalue weighted by molar-refractivity contribution is 6.42. The van der Waals surface area contributed by atoms with E-state index in [9.17, 15) is 0 Å². The van der Waals surface area contributed by atoms with Crippen molar-refractivity contribution in [3.8, 4) is 0 Å². The maximum atomic E-state index is 6.24. The summed E-state index contributed by atoms with van der Waals surface area (Å²) in [5.74, 6) is 0. The van der Waals surface area contributed by atoms with Crippen LogP contribution < -0.4 is 5.32 Å². The van der Waals surface area contributed by atoms with Crippen LogP contribution in [0.2, 0.25) is 10.0 Å². The number of nitrogens with one attached hydrogen (secondary N) is 1. The van der Waals surface area contributed by atoms with E-state index < -0.39 is 0 Å². The van der Waals surface area contributed by atoms with E-state index in [1.807, 2.05) is 6.07 Å². The SMILES string of the molecule is CCNCC1(c2ccc(Cl)c(Cl)c2)CC2(CCOCC2)C1. The number of likely N-dealkylation sites (N-methyl/N-ethyl adjacent to an activating group) is 1. The fraction of sp³-hybridized carbons (Fsp3) is 0.647. The van der Waals surface area contributed by atoms with Crippen LogP contribution in [0.25, 0.3) is 0 Å². The predicted octanol–water partition coefficient (Wildman–Crippen LogP) is 4.43. The van der Waals surface area contributed by atoms with Crippen LogP contribution in [0.3, 0.4) is 0 Å². The van der Waals surface area contributed by atoms with E-state index in [4.69, 9.17) is 27.9 Å². The molecule has 4 heteroatoms. The van der Waals surface area contributed by atoms with E-state index in [-0.39, 0.29) is 5.41 Å². The van der Waals surface area contributed by atoms with Crippen LogP contribution in [0.1, 0.15) is 38.2 Å². The maximum absolute atomic E-state index is 6.24. The number of hydrogen-bond donors (Lipinski definition) is 1. The summed E-state index contributed by atoms with van der Waals surface area (Å²) in [4.78, 5) is 0. The van der Waals surface area contributed by atoms with Crippen molar-refractivity contribution < 1.29 is 4.74 Å². The van der Waals surface area contributed by atoms with E-state index in [1.54, 1.807) is 0 Å². The summed E-state index contributed by atoms with van der Waals surface area (Å²) in [5, 5.41) is 4.84. The second kappa shape index (κ2) is 6.08. The minimum atomic E-state index is 0.210. The first-order chi connectivity index (χ1) is 10.1. The zero-order valence-electron chi connectivity index (χ0n) is 12.6. The Balaban J connectivity index is 1.83. The van der Waals surface area contributed by atoms with Crippen molar-refractivity contribution in [3.05, 3.63) is 33.8 Å². The van der Waals surface area contributed by atoms with Gasteiger partial charge >= 0.3 is 0 Å². The number of halogens is 2. The normalized spacial score (nSPS) is 23.0. The number of rotatable bonds is 4. The molecule has 21 heavy (non-hydrogen) atoms. The van der Waals surface area contributed by atoms with Gasteiger partial charge in [-0.05, 0) is 55.3 Å². The Morgan fingerprint density at radius 3 is 2.48 bits per heavy atom. The van der Waals surface area contributed by atoms with E-state index in [2.05, 4.69) is 24.4 Å². The molecule has 1 saturated heterocycles. The summed E-state index contributed by atoms with van der Waals surface area (Å²) in [6.07, 6.45) is 4.85. The third-order valence-electron chi connectivity index (χ3n) is 5.23. The van der Waals surface area contributed by atoms with Crippen LogP contribution >= 0.6 is 23.2 Å². The molecule has 0 radical (unpaired) electrons. The zero-order chi connectivity index (χ0) is 14.9. The molecule has 2 fully saturated rings. The Morgan fingerprint density at radius 1 is 1.14 bits per heavy atom. The smallest absolute Gasteiger partial charge is 0.0595 e. The predicted molar refractivity (Wildman–Crippen MR) is 88.4 cm³/mol. The Kier molecular flexibility index (Phi) is 4.52. The summed E-state index contributed by atoms with van der Waals surface area (Å²) < 4.78 is 5.54. The van der Waals surface area contributed by atoms with Gasteiger partial charge in [0.2, 0.25) is 0 Å². The van der Waals surface area contributed by atoms with Gasteiger partial charge in [-0.1, -0.05) is 36.2 Å². The molecule has 0 amide bonds. The van der Waals surface area contributed by atoms with Crippen LogP contribution in [-0.2, 0) is 10.2 Å². The lowest BCUT2D eigenvalue weighted by Crippen LogP contribution is -2.56. The molecule has 0 atom stereocenters. The van der Waals surface area contributed by atoms with Crippen molar-refractivity contribution in [2.45, 2.75) is 38.0 Å². The van der Waals surface area contributed by atoms with Crippen molar-refractivity contribution in [1.29, 1.82) is 0 Å². The number of hydrogen-bond acceptors (Lipinski definition) is 2. The monoisotopic (exact) mass is 327 g/mol. The van der Waals surface area contributed by atoms with Crippen molar-refractivity contribution in [2.75, 3.05) is 26.3 Å². The highest BCUT2D eigenvalue weighted by atomic mass is 35.5. The summed E-state index contributed by atoms with van der Waals surface area (Å²) >= 11 is 12.3. The molecule has 2 aliphatic rings. The lowest BCUT2D eigenvalue weighted by Gasteiger charge is -2.58. The Hall–Kier alpha value is -0.280. The van der Waals surface area contributed by atoms with Gasteiger partial charge in [-0.3, -0.25) is 0 Å². The molecule has 1 aliphatic heterocycles. The topological polar surface area (TPSA) is 21.3 Å².